The van der Waals surface area contributed by atoms with E-state index in [9.17, 15) is 0 Å². The van der Waals surface area contributed by atoms with E-state index in [1.165, 1.54) is 308 Å². The first-order valence-electron chi connectivity index (χ1n) is 58.0. The third-order valence-corrected chi connectivity index (χ3v) is 29.2. The molecule has 5 heterocycles. The molecule has 2 aliphatic rings. The molecule has 0 saturated carbocycles. The monoisotopic (exact) mass is 1920 g/mol. The van der Waals surface area contributed by atoms with E-state index in [1.54, 1.807) is 0 Å². The van der Waals surface area contributed by atoms with Crippen LogP contribution in [0.4, 0.5) is 0 Å². The number of rotatable bonds is 76. The first-order valence-corrected chi connectivity index (χ1v) is 58.0. The van der Waals surface area contributed by atoms with Gasteiger partial charge in [-0.2, -0.15) is 0 Å². The molecule has 0 spiro atoms. The predicted molar refractivity (Wildman–Crippen MR) is 602 cm³/mol. The van der Waals surface area contributed by atoms with Gasteiger partial charge in [0.25, 0.3) is 0 Å². The highest BCUT2D eigenvalue weighted by molar-refractivity contribution is 6.26. The number of ether oxygens (including phenoxy) is 6. The van der Waals surface area contributed by atoms with Crippen LogP contribution >= 0.6 is 0 Å². The molecule has 14 heteroatoms. The van der Waals surface area contributed by atoms with Gasteiger partial charge in [-0.1, -0.05) is 510 Å². The molecule has 14 nitrogen and oxygen atoms in total. The largest absolute Gasteiger partial charge is 0.490 e. The van der Waals surface area contributed by atoms with Gasteiger partial charge in [-0.3, -0.25) is 0 Å². The minimum absolute atomic E-state index is 0.465. The summed E-state index contributed by atoms with van der Waals surface area (Å²) in [6, 6.07) is 56.6. The lowest BCUT2D eigenvalue weighted by molar-refractivity contribution is 0.258. The van der Waals surface area contributed by atoms with Gasteiger partial charge in [0.05, 0.1) is 39.6 Å². The maximum absolute atomic E-state index is 7.19. The molecule has 0 radical (unpaired) electrons. The van der Waals surface area contributed by atoms with E-state index < -0.39 is 0 Å². The lowest BCUT2D eigenvalue weighted by Crippen LogP contribution is -2.03. The Labute approximate surface area is 855 Å². The Morgan fingerprint density at radius 2 is 0.345 bits per heavy atom. The van der Waals surface area contributed by atoms with Gasteiger partial charge in [0.2, 0.25) is 0 Å². The van der Waals surface area contributed by atoms with E-state index in [0.717, 1.165) is 165 Å². The lowest BCUT2D eigenvalue weighted by Gasteiger charge is -2.22. The van der Waals surface area contributed by atoms with Crippen LogP contribution in [-0.4, -0.2) is 79.5 Å². The minimum Gasteiger partial charge on any atom is -0.490 e. The highest BCUT2D eigenvalue weighted by Crippen LogP contribution is 2.54. The second kappa shape index (κ2) is 63.9. The van der Waals surface area contributed by atoms with Gasteiger partial charge < -0.3 is 38.4 Å². The number of nitrogens with one attached hydrogen (secondary N) is 2. The molecule has 0 aliphatic carbocycles. The molecule has 8 aromatic carbocycles. The summed E-state index contributed by atoms with van der Waals surface area (Å²) in [6.45, 7) is 17.1. The van der Waals surface area contributed by atoms with Gasteiger partial charge in [-0.25, -0.2) is 29.9 Å². The van der Waals surface area contributed by atoms with Crippen LogP contribution in [0.25, 0.3) is 134 Å². The second-order valence-corrected chi connectivity index (χ2v) is 41.0. The molecule has 13 rings (SSSR count). The van der Waals surface area contributed by atoms with E-state index in [2.05, 4.69) is 209 Å². The summed E-state index contributed by atoms with van der Waals surface area (Å²) in [5.74, 6) is 5.91. The Bertz CT molecular complexity index is 5260. The summed E-state index contributed by atoms with van der Waals surface area (Å²) < 4.78 is 43.0. The standard InChI is InChI=1S/C128H178N8O6/c1-7-13-19-25-31-37-43-49-55-73-87-137-109-93-103-104(94-110(109)138-88-74-56-50-44-38-32-26-20-14-8-2)122-129-121(103)130-123-105-95-111(139-89-75-57-51-45-39-33-27-21-15-9-3)113(141-91-77-59-53-47-41-35-29-23-17-11-5)97-107(105)125(132-123)134-127-119-117(101-83-69-63-70-84-101)115(99-79-65-61-66-80-99)116(100-81-67-62-68-82-100)118(102-85-71-64-72-86-102)120(119)128(136-127)135-126-108-98-114(142-92-78-60-54-48-42-36-30-24-18-12-6)112(96-106(108)124(131-122)133-126)140-90-76-58-52-46-40-34-28-22-16-10-4/h61-72,79-86,93-98H,7-60,73-78,87-92H2,1-6H3,(H2,129,130,131,132,133,134,135,136). The maximum atomic E-state index is 7.19. The molecule has 2 aliphatic heterocycles. The fraction of sp³-hybridized carbons (Fsp3) is 0.562. The fourth-order valence-electron chi connectivity index (χ4n) is 20.9. The SMILES string of the molecule is CCCCCCCCCCCCOc1cc2c(cc1OCCCCCCCCCCCC)-c1nc-2nc2[nH]c(nc3nc(nc4[nH]c(n1)c1c(-c5ccccc5)c(-c5ccccc5)c(-c5ccccc5)c(-c5ccccc5)c41)-c1cc(OCCCCCCCCCCCC)c(OCCCCCCCCCCCC)cc1-3)c1cc(OCCCCCCCCCCCC)c(OCCCCCCCCCCCC)cc21. The smallest absolute Gasteiger partial charge is 0.164 e. The number of nitrogens with zero attached hydrogens (tertiary/aromatic N) is 6. The molecular formula is C128H178N8O6. The molecule has 3 aromatic heterocycles. The normalized spacial score (nSPS) is 11.8. The van der Waals surface area contributed by atoms with Crippen molar-refractivity contribution in [2.45, 2.75) is 427 Å². The van der Waals surface area contributed by atoms with Crippen molar-refractivity contribution in [3.8, 4) is 125 Å². The third kappa shape index (κ3) is 34.0. The Kier molecular flexibility index (Phi) is 49.1. The predicted octanol–water partition coefficient (Wildman–Crippen LogP) is 39.3. The summed E-state index contributed by atoms with van der Waals surface area (Å²) in [7, 11) is 0. The molecule has 11 aromatic rings. The van der Waals surface area contributed by atoms with Gasteiger partial charge in [0.15, 0.2) is 57.8 Å². The fourth-order valence-corrected chi connectivity index (χ4v) is 20.9. The summed E-state index contributed by atoms with van der Waals surface area (Å²) in [5, 5.41) is 3.36. The van der Waals surface area contributed by atoms with Crippen molar-refractivity contribution < 1.29 is 28.4 Å². The zero-order valence-electron chi connectivity index (χ0n) is 88.8. The molecule has 8 bridgehead atoms. The first kappa shape index (κ1) is 109. The van der Waals surface area contributed by atoms with E-state index in [1.807, 2.05) is 0 Å². The zero-order chi connectivity index (χ0) is 98.3. The molecular weight excluding hydrogens is 1750 g/mol. The average Bonchev–Trinajstić information content (AvgIpc) is 1.52. The Balaban J connectivity index is 1.05. The highest BCUT2D eigenvalue weighted by atomic mass is 16.5. The van der Waals surface area contributed by atoms with Gasteiger partial charge in [-0.15, -0.1) is 0 Å². The molecule has 2 N–H and O–H groups in total. The van der Waals surface area contributed by atoms with Crippen LogP contribution in [0.15, 0.2) is 158 Å². The third-order valence-electron chi connectivity index (χ3n) is 29.2. The van der Waals surface area contributed by atoms with Crippen LogP contribution < -0.4 is 28.4 Å². The number of aromatic nitrogens is 8. The first-order chi connectivity index (χ1) is 70.4. The van der Waals surface area contributed by atoms with E-state index in [4.69, 9.17) is 58.3 Å². The number of hydrogen-bond acceptors (Lipinski definition) is 12. The summed E-state index contributed by atoms with van der Waals surface area (Å²) in [4.78, 5) is 43.8. The zero-order valence-corrected chi connectivity index (χ0v) is 88.8. The van der Waals surface area contributed by atoms with Crippen LogP contribution in [0, 0.1) is 0 Å². The van der Waals surface area contributed by atoms with Gasteiger partial charge in [-0.05, 0) is 108 Å². The second-order valence-electron chi connectivity index (χ2n) is 41.0. The van der Waals surface area contributed by atoms with Gasteiger partial charge in [0, 0.05) is 54.9 Å². The Hall–Kier alpha value is -10.1. The van der Waals surface area contributed by atoms with Crippen molar-refractivity contribution in [2.24, 2.45) is 0 Å². The van der Waals surface area contributed by atoms with Crippen molar-refractivity contribution in [1.82, 2.24) is 39.9 Å². The highest BCUT2D eigenvalue weighted by Gasteiger charge is 2.32. The quantitative estimate of drug-likeness (QED) is 0.0347. The van der Waals surface area contributed by atoms with E-state index >= 15 is 0 Å². The molecule has 0 amide bonds. The Morgan fingerprint density at radius 1 is 0.176 bits per heavy atom. The number of hydrogen-bond donors (Lipinski definition) is 2. The molecule has 0 saturated heterocycles. The molecule has 0 atom stereocenters. The maximum Gasteiger partial charge on any atom is 0.164 e. The van der Waals surface area contributed by atoms with Crippen LogP contribution in [0.3, 0.4) is 0 Å². The topological polar surface area (TPSA) is 164 Å². The van der Waals surface area contributed by atoms with Crippen molar-refractivity contribution in [3.63, 3.8) is 0 Å². The van der Waals surface area contributed by atoms with Crippen molar-refractivity contribution in [1.29, 1.82) is 0 Å². The molecule has 0 unspecified atom stereocenters. The Morgan fingerprint density at radius 3 is 0.549 bits per heavy atom. The molecule has 0 fully saturated rings. The summed E-state index contributed by atoms with van der Waals surface area (Å²) in [6.07, 6.45) is 73.7. The number of unbranched alkanes of at least 4 members (excludes halogenated alkanes) is 54. The summed E-state index contributed by atoms with van der Waals surface area (Å²) in [5.41, 5.74) is 13.6. The molecule has 142 heavy (non-hydrogen) atoms. The summed E-state index contributed by atoms with van der Waals surface area (Å²) >= 11 is 0. The molecule has 766 valence electrons. The van der Waals surface area contributed by atoms with E-state index in [-0.39, 0.29) is 0 Å². The number of aromatic amines is 2. The van der Waals surface area contributed by atoms with Crippen LogP contribution in [0.2, 0.25) is 0 Å². The number of fused-ring (bicyclic) bond motifs is 20. The van der Waals surface area contributed by atoms with Crippen molar-refractivity contribution >= 4 is 44.1 Å². The van der Waals surface area contributed by atoms with Gasteiger partial charge >= 0.3 is 0 Å². The number of H-pyrrole nitrogens is 2. The van der Waals surface area contributed by atoms with E-state index in [0.29, 0.717) is 120 Å². The van der Waals surface area contributed by atoms with Gasteiger partial charge in [0.1, 0.15) is 22.6 Å². The lowest BCUT2D eigenvalue weighted by atomic mass is 9.80. The van der Waals surface area contributed by atoms with Crippen molar-refractivity contribution in [2.75, 3.05) is 39.6 Å². The van der Waals surface area contributed by atoms with Crippen LogP contribution in [0.5, 0.6) is 34.5 Å². The van der Waals surface area contributed by atoms with Crippen LogP contribution in [-0.2, 0) is 0 Å². The minimum atomic E-state index is 0.465. The number of benzene rings is 8. The van der Waals surface area contributed by atoms with Crippen molar-refractivity contribution in [3.05, 3.63) is 158 Å². The van der Waals surface area contributed by atoms with Crippen LogP contribution in [0.1, 0.15) is 427 Å². The average molecular weight is 1920 g/mol.